The molecule has 0 bridgehead atoms. The van der Waals surface area contributed by atoms with Gasteiger partial charge in [0.1, 0.15) is 12.4 Å². The van der Waals surface area contributed by atoms with Crippen molar-refractivity contribution < 1.29 is 28.9 Å². The Hall–Kier alpha value is -3.72. The molecule has 3 N–H and O–H groups in total. The van der Waals surface area contributed by atoms with Crippen LogP contribution in [0.15, 0.2) is 48.5 Å². The SMILES string of the molecule is Cc1ccc([C@H](CC(=O)O)NC(=O)c2cc(OC[C@H](O)C(C)(C)C)n(-c3cccc(F)c3)n2)c(C)c1. The Labute approximate surface area is 209 Å². The average Bonchev–Trinajstić information content (AvgIpc) is 3.20. The van der Waals surface area contributed by atoms with Gasteiger partial charge in [-0.15, -0.1) is 0 Å². The molecule has 0 aliphatic heterocycles. The second-order valence-electron chi connectivity index (χ2n) is 9.94. The van der Waals surface area contributed by atoms with Crippen LogP contribution in [0, 0.1) is 25.1 Å². The smallest absolute Gasteiger partial charge is 0.305 e. The minimum Gasteiger partial charge on any atom is -0.481 e. The number of aliphatic hydroxyl groups is 1. The summed E-state index contributed by atoms with van der Waals surface area (Å²) in [6.45, 7) is 9.29. The first-order valence-corrected chi connectivity index (χ1v) is 11.6. The van der Waals surface area contributed by atoms with Gasteiger partial charge in [0.05, 0.1) is 24.3 Å². The van der Waals surface area contributed by atoms with Gasteiger partial charge in [-0.05, 0) is 48.6 Å². The van der Waals surface area contributed by atoms with Crippen LogP contribution >= 0.6 is 0 Å². The third-order valence-electron chi connectivity index (χ3n) is 5.84. The predicted molar refractivity (Wildman–Crippen MR) is 133 cm³/mol. The fourth-order valence-corrected chi connectivity index (χ4v) is 3.65. The van der Waals surface area contributed by atoms with Crippen molar-refractivity contribution in [3.05, 3.63) is 76.7 Å². The van der Waals surface area contributed by atoms with Crippen LogP contribution in [0.2, 0.25) is 0 Å². The van der Waals surface area contributed by atoms with E-state index in [1.54, 1.807) is 12.1 Å². The Morgan fingerprint density at radius 3 is 2.47 bits per heavy atom. The molecule has 0 unspecified atom stereocenters. The number of carboxylic acid groups (broad SMARTS) is 1. The van der Waals surface area contributed by atoms with Crippen molar-refractivity contribution in [1.82, 2.24) is 15.1 Å². The van der Waals surface area contributed by atoms with Crippen molar-refractivity contribution in [3.8, 4) is 11.6 Å². The van der Waals surface area contributed by atoms with Crippen molar-refractivity contribution in [1.29, 1.82) is 0 Å². The van der Waals surface area contributed by atoms with Crippen molar-refractivity contribution >= 4 is 11.9 Å². The largest absolute Gasteiger partial charge is 0.481 e. The molecular weight excluding hydrogens is 465 g/mol. The number of carbonyl (C=O) groups excluding carboxylic acids is 1. The second-order valence-corrected chi connectivity index (χ2v) is 9.94. The van der Waals surface area contributed by atoms with E-state index in [0.29, 0.717) is 11.3 Å². The van der Waals surface area contributed by atoms with Gasteiger partial charge in [0.2, 0.25) is 5.88 Å². The minimum atomic E-state index is -1.06. The number of carboxylic acids is 1. The van der Waals surface area contributed by atoms with E-state index < -0.39 is 35.3 Å². The Balaban J connectivity index is 1.94. The molecule has 8 nitrogen and oxygen atoms in total. The van der Waals surface area contributed by atoms with Gasteiger partial charge in [0.15, 0.2) is 5.69 Å². The summed E-state index contributed by atoms with van der Waals surface area (Å²) in [6, 6.07) is 11.8. The summed E-state index contributed by atoms with van der Waals surface area (Å²) in [5.74, 6) is -2.04. The third kappa shape index (κ3) is 6.69. The van der Waals surface area contributed by atoms with Crippen LogP contribution in [0.3, 0.4) is 0 Å². The highest BCUT2D eigenvalue weighted by Crippen LogP contribution is 2.26. The van der Waals surface area contributed by atoms with E-state index in [1.807, 2.05) is 46.8 Å². The number of hydrogen-bond acceptors (Lipinski definition) is 5. The summed E-state index contributed by atoms with van der Waals surface area (Å²) in [4.78, 5) is 24.7. The molecule has 1 aromatic heterocycles. The van der Waals surface area contributed by atoms with Crippen molar-refractivity contribution in [3.63, 3.8) is 0 Å². The lowest BCUT2D eigenvalue weighted by molar-refractivity contribution is -0.137. The molecule has 2 atom stereocenters. The van der Waals surface area contributed by atoms with Gasteiger partial charge >= 0.3 is 5.97 Å². The Morgan fingerprint density at radius 1 is 1.14 bits per heavy atom. The van der Waals surface area contributed by atoms with Crippen LogP contribution in [0.4, 0.5) is 4.39 Å². The van der Waals surface area contributed by atoms with Crippen molar-refractivity contribution in [2.24, 2.45) is 5.41 Å². The van der Waals surface area contributed by atoms with Gasteiger partial charge in [-0.3, -0.25) is 9.59 Å². The number of halogens is 1. The summed E-state index contributed by atoms with van der Waals surface area (Å²) in [5.41, 5.74) is 2.40. The molecule has 192 valence electrons. The van der Waals surface area contributed by atoms with E-state index in [2.05, 4.69) is 10.4 Å². The quantitative estimate of drug-likeness (QED) is 0.405. The van der Waals surface area contributed by atoms with Gasteiger partial charge < -0.3 is 20.3 Å². The molecule has 0 saturated carbocycles. The molecule has 2 aromatic carbocycles. The minimum absolute atomic E-state index is 0.0420. The Morgan fingerprint density at radius 2 is 1.86 bits per heavy atom. The topological polar surface area (TPSA) is 114 Å². The number of aryl methyl sites for hydroxylation is 2. The van der Waals surface area contributed by atoms with E-state index in [1.165, 1.54) is 28.9 Å². The molecular formula is C27H32FN3O5. The number of nitrogens with one attached hydrogen (secondary N) is 1. The number of rotatable bonds is 9. The predicted octanol–water partition coefficient (Wildman–Crippen LogP) is 4.36. The molecule has 0 aliphatic carbocycles. The summed E-state index contributed by atoms with van der Waals surface area (Å²) in [6.07, 6.45) is -1.13. The maximum atomic E-state index is 13.9. The fourth-order valence-electron chi connectivity index (χ4n) is 3.65. The van der Waals surface area contributed by atoms with Crippen LogP contribution < -0.4 is 10.1 Å². The molecule has 0 aliphatic rings. The van der Waals surface area contributed by atoms with Crippen LogP contribution in [0.1, 0.15) is 60.4 Å². The molecule has 3 rings (SSSR count). The highest BCUT2D eigenvalue weighted by atomic mass is 19.1. The maximum absolute atomic E-state index is 13.9. The van der Waals surface area contributed by atoms with E-state index in [0.717, 1.165) is 11.1 Å². The molecule has 0 fully saturated rings. The second kappa shape index (κ2) is 10.9. The third-order valence-corrected chi connectivity index (χ3v) is 5.84. The van der Waals surface area contributed by atoms with Gasteiger partial charge in [0, 0.05) is 6.07 Å². The van der Waals surface area contributed by atoms with Gasteiger partial charge in [-0.1, -0.05) is 50.6 Å². The first-order valence-electron chi connectivity index (χ1n) is 11.6. The molecule has 9 heteroatoms. The average molecular weight is 498 g/mol. The van der Waals surface area contributed by atoms with E-state index >= 15 is 0 Å². The standard InChI is InChI=1S/C27H32FN3O5/c1-16-9-10-20(17(2)11-16)21(14-25(33)34)29-26(35)22-13-24(36-15-23(32)27(3,4)5)31(30-22)19-8-6-7-18(28)12-19/h6-13,21,23,32H,14-15H2,1-5H3,(H,29,35)(H,33,34)/t21-,23-/m0/s1. The van der Waals surface area contributed by atoms with Crippen molar-refractivity contribution in [2.45, 2.75) is 53.2 Å². The number of nitrogens with zero attached hydrogens (tertiary/aromatic N) is 2. The van der Waals surface area contributed by atoms with Gasteiger partial charge in [-0.2, -0.15) is 5.10 Å². The molecule has 0 spiro atoms. The zero-order valence-corrected chi connectivity index (χ0v) is 21.1. The summed E-state index contributed by atoms with van der Waals surface area (Å²) < 4.78 is 21.0. The lowest BCUT2D eigenvalue weighted by Crippen LogP contribution is -2.32. The lowest BCUT2D eigenvalue weighted by atomic mass is 9.90. The normalized spacial score (nSPS) is 13.2. The molecule has 36 heavy (non-hydrogen) atoms. The highest BCUT2D eigenvalue weighted by Gasteiger charge is 2.26. The lowest BCUT2D eigenvalue weighted by Gasteiger charge is -2.25. The van der Waals surface area contributed by atoms with Crippen LogP contribution in [-0.2, 0) is 4.79 Å². The van der Waals surface area contributed by atoms with Crippen LogP contribution in [-0.4, -0.2) is 44.6 Å². The number of amides is 1. The Bertz CT molecular complexity index is 1250. The van der Waals surface area contributed by atoms with E-state index in [4.69, 9.17) is 4.74 Å². The molecule has 0 saturated heterocycles. The molecule has 1 amide bonds. The molecule has 1 heterocycles. The molecule has 0 radical (unpaired) electrons. The van der Waals surface area contributed by atoms with Crippen LogP contribution in [0.5, 0.6) is 5.88 Å². The van der Waals surface area contributed by atoms with Crippen LogP contribution in [0.25, 0.3) is 5.69 Å². The van der Waals surface area contributed by atoms with E-state index in [-0.39, 0.29) is 24.6 Å². The number of hydrogen-bond donors (Lipinski definition) is 3. The fraction of sp³-hybridized carbons (Fsp3) is 0.370. The number of aromatic nitrogens is 2. The number of aliphatic hydroxyl groups excluding tert-OH is 1. The van der Waals surface area contributed by atoms with Crippen molar-refractivity contribution in [2.75, 3.05) is 6.61 Å². The van der Waals surface area contributed by atoms with Gasteiger partial charge in [-0.25, -0.2) is 9.07 Å². The number of benzene rings is 2. The summed E-state index contributed by atoms with van der Waals surface area (Å²) in [5, 5.41) is 26.9. The zero-order valence-electron chi connectivity index (χ0n) is 21.1. The number of carbonyl (C=O) groups is 2. The number of ether oxygens (including phenoxy) is 1. The van der Waals surface area contributed by atoms with E-state index in [9.17, 15) is 24.2 Å². The summed E-state index contributed by atoms with van der Waals surface area (Å²) in [7, 11) is 0. The zero-order chi connectivity index (χ0) is 26.6. The molecule has 3 aromatic rings. The Kier molecular flexibility index (Phi) is 8.14. The maximum Gasteiger partial charge on any atom is 0.305 e. The van der Waals surface area contributed by atoms with Gasteiger partial charge in [0.25, 0.3) is 5.91 Å². The number of aliphatic carboxylic acids is 1. The monoisotopic (exact) mass is 497 g/mol. The first-order chi connectivity index (χ1) is 16.8. The highest BCUT2D eigenvalue weighted by molar-refractivity contribution is 5.93. The first kappa shape index (κ1) is 26.9. The summed E-state index contributed by atoms with van der Waals surface area (Å²) >= 11 is 0.